The van der Waals surface area contributed by atoms with E-state index < -0.39 is 0 Å². The van der Waals surface area contributed by atoms with Crippen molar-refractivity contribution in [2.24, 2.45) is 0 Å². The summed E-state index contributed by atoms with van der Waals surface area (Å²) in [6.45, 7) is 5.84. The van der Waals surface area contributed by atoms with Gasteiger partial charge in [-0.3, -0.25) is 10.1 Å². The van der Waals surface area contributed by atoms with Gasteiger partial charge in [-0.2, -0.15) is 0 Å². The first-order valence-electron chi connectivity index (χ1n) is 5.67. The highest BCUT2D eigenvalue weighted by Gasteiger charge is 2.21. The Balaban J connectivity index is 2.34. The van der Waals surface area contributed by atoms with Crippen LogP contribution in [-0.4, -0.2) is 24.6 Å². The van der Waals surface area contributed by atoms with Crippen LogP contribution in [-0.2, 0) is 4.74 Å². The second-order valence-electron chi connectivity index (χ2n) is 4.32. The molecule has 1 saturated heterocycles. The maximum Gasteiger partial charge on any atom is 0.275 e. The van der Waals surface area contributed by atoms with Gasteiger partial charge in [-0.25, -0.2) is 0 Å². The summed E-state index contributed by atoms with van der Waals surface area (Å²) in [6, 6.07) is 3.70. The van der Waals surface area contributed by atoms with Crippen LogP contribution in [0, 0.1) is 24.0 Å². The molecule has 1 fully saturated rings. The zero-order chi connectivity index (χ0) is 12.4. The summed E-state index contributed by atoms with van der Waals surface area (Å²) in [6.07, 6.45) is 0.00181. The average Bonchev–Trinajstić information content (AvgIpc) is 2.28. The van der Waals surface area contributed by atoms with Crippen LogP contribution in [0.2, 0.25) is 0 Å². The molecule has 2 rings (SSSR count). The van der Waals surface area contributed by atoms with E-state index in [9.17, 15) is 10.1 Å². The molecule has 1 aromatic rings. The Labute approximate surface area is 99.9 Å². The van der Waals surface area contributed by atoms with Crippen molar-refractivity contribution >= 4 is 5.69 Å². The van der Waals surface area contributed by atoms with Crippen LogP contribution >= 0.6 is 0 Å². The van der Waals surface area contributed by atoms with Gasteiger partial charge in [0.05, 0.1) is 17.6 Å². The van der Waals surface area contributed by atoms with Crippen LogP contribution in [0.4, 0.5) is 5.69 Å². The fourth-order valence-corrected chi connectivity index (χ4v) is 2.24. The molecule has 0 amide bonds. The Hall–Kier alpha value is -1.46. The van der Waals surface area contributed by atoms with Crippen LogP contribution in [0.15, 0.2) is 12.1 Å². The highest BCUT2D eigenvalue weighted by atomic mass is 16.6. The molecule has 17 heavy (non-hydrogen) atoms. The molecule has 5 nitrogen and oxygen atoms in total. The first-order valence-corrected chi connectivity index (χ1v) is 5.67. The zero-order valence-corrected chi connectivity index (χ0v) is 10.0. The van der Waals surface area contributed by atoms with Crippen LogP contribution < -0.4 is 5.32 Å². The maximum absolute atomic E-state index is 10.9. The number of hydrogen-bond acceptors (Lipinski definition) is 4. The second-order valence-corrected chi connectivity index (χ2v) is 4.32. The lowest BCUT2D eigenvalue weighted by Crippen LogP contribution is -2.33. The molecule has 5 heteroatoms. The van der Waals surface area contributed by atoms with E-state index >= 15 is 0 Å². The van der Waals surface area contributed by atoms with Crippen molar-refractivity contribution in [1.82, 2.24) is 5.32 Å². The third-order valence-electron chi connectivity index (χ3n) is 3.00. The second kappa shape index (κ2) is 4.81. The molecular formula is C12H16N2O3. The fraction of sp³-hybridized carbons (Fsp3) is 0.500. The monoisotopic (exact) mass is 236 g/mol. The minimum absolute atomic E-state index is 0.00181. The number of rotatable bonds is 2. The number of hydrogen-bond donors (Lipinski definition) is 1. The zero-order valence-electron chi connectivity index (χ0n) is 10.0. The summed E-state index contributed by atoms with van der Waals surface area (Å²) in [7, 11) is 0. The number of nitro groups is 1. The van der Waals surface area contributed by atoms with Crippen molar-refractivity contribution in [3.05, 3.63) is 38.9 Å². The normalized spacial score (nSPS) is 20.2. The van der Waals surface area contributed by atoms with Crippen LogP contribution in [0.1, 0.15) is 22.8 Å². The van der Waals surface area contributed by atoms with Crippen molar-refractivity contribution < 1.29 is 9.66 Å². The van der Waals surface area contributed by atoms with Crippen molar-refractivity contribution in [2.75, 3.05) is 19.7 Å². The predicted octanol–water partition coefficient (Wildman–Crippen LogP) is 1.87. The summed E-state index contributed by atoms with van der Waals surface area (Å²) in [5.74, 6) is 0. The molecule has 1 N–H and O–H groups in total. The quantitative estimate of drug-likeness (QED) is 0.629. The lowest BCUT2D eigenvalue weighted by Gasteiger charge is -2.24. The number of benzene rings is 1. The summed E-state index contributed by atoms with van der Waals surface area (Å²) >= 11 is 0. The van der Waals surface area contributed by atoms with Crippen molar-refractivity contribution in [3.63, 3.8) is 0 Å². The van der Waals surface area contributed by atoms with E-state index in [-0.39, 0.29) is 16.7 Å². The van der Waals surface area contributed by atoms with E-state index in [4.69, 9.17) is 4.74 Å². The third-order valence-corrected chi connectivity index (χ3v) is 3.00. The van der Waals surface area contributed by atoms with Gasteiger partial charge in [0.15, 0.2) is 0 Å². The lowest BCUT2D eigenvalue weighted by molar-refractivity contribution is -0.386. The SMILES string of the molecule is Cc1cc(C2CNCCO2)cc(C)c1[N+](=O)[O-]. The average molecular weight is 236 g/mol. The Bertz CT molecular complexity index is 416. The van der Waals surface area contributed by atoms with E-state index in [2.05, 4.69) is 5.32 Å². The molecule has 0 aromatic heterocycles. The molecule has 0 saturated carbocycles. The number of morpholine rings is 1. The van der Waals surface area contributed by atoms with Gasteiger partial charge in [-0.1, -0.05) is 0 Å². The Kier molecular flexibility index (Phi) is 3.40. The molecule has 1 heterocycles. The molecule has 0 bridgehead atoms. The van der Waals surface area contributed by atoms with Crippen molar-refractivity contribution in [3.8, 4) is 0 Å². The molecule has 1 aliphatic rings. The maximum atomic E-state index is 10.9. The molecule has 1 unspecified atom stereocenters. The predicted molar refractivity (Wildman–Crippen MR) is 64.1 cm³/mol. The minimum Gasteiger partial charge on any atom is -0.371 e. The number of ether oxygens (including phenoxy) is 1. The van der Waals surface area contributed by atoms with E-state index in [1.165, 1.54) is 0 Å². The molecule has 1 aliphatic heterocycles. The Morgan fingerprint density at radius 2 is 2.06 bits per heavy atom. The third kappa shape index (κ3) is 2.45. The standard InChI is InChI=1S/C12H16N2O3/c1-8-5-10(11-7-13-3-4-17-11)6-9(2)12(8)14(15)16/h5-6,11,13H,3-4,7H2,1-2H3. The number of nitrogens with zero attached hydrogens (tertiary/aromatic N) is 1. The van der Waals surface area contributed by atoms with Crippen molar-refractivity contribution in [1.29, 1.82) is 0 Å². The van der Waals surface area contributed by atoms with Gasteiger partial charge in [0, 0.05) is 24.2 Å². The molecule has 0 aliphatic carbocycles. The number of aryl methyl sites for hydroxylation is 2. The summed E-state index contributed by atoms with van der Waals surface area (Å²) < 4.78 is 5.64. The van der Waals surface area contributed by atoms with E-state index in [1.54, 1.807) is 13.8 Å². The van der Waals surface area contributed by atoms with Gasteiger partial charge in [0.1, 0.15) is 0 Å². The first-order chi connectivity index (χ1) is 8.09. The van der Waals surface area contributed by atoms with Crippen molar-refractivity contribution in [2.45, 2.75) is 20.0 Å². The number of nitrogens with one attached hydrogen (secondary N) is 1. The van der Waals surface area contributed by atoms with E-state index in [0.29, 0.717) is 17.7 Å². The van der Waals surface area contributed by atoms with E-state index in [0.717, 1.165) is 18.7 Å². The molecule has 1 atom stereocenters. The molecule has 1 aromatic carbocycles. The smallest absolute Gasteiger partial charge is 0.275 e. The van der Waals surface area contributed by atoms with E-state index in [1.807, 2.05) is 12.1 Å². The Morgan fingerprint density at radius 1 is 1.41 bits per heavy atom. The fourth-order valence-electron chi connectivity index (χ4n) is 2.24. The Morgan fingerprint density at radius 3 is 2.53 bits per heavy atom. The van der Waals surface area contributed by atoms with Crippen LogP contribution in [0.5, 0.6) is 0 Å². The van der Waals surface area contributed by atoms with Gasteiger partial charge >= 0.3 is 0 Å². The molecule has 0 spiro atoms. The molecule has 92 valence electrons. The highest BCUT2D eigenvalue weighted by Crippen LogP contribution is 2.28. The highest BCUT2D eigenvalue weighted by molar-refractivity contribution is 5.49. The first kappa shape index (κ1) is 12.0. The van der Waals surface area contributed by atoms with Gasteiger partial charge in [-0.15, -0.1) is 0 Å². The summed E-state index contributed by atoms with van der Waals surface area (Å²) in [5, 5.41) is 14.1. The van der Waals surface area contributed by atoms with Gasteiger partial charge in [-0.05, 0) is 31.5 Å². The largest absolute Gasteiger partial charge is 0.371 e. The summed E-state index contributed by atoms with van der Waals surface area (Å²) in [4.78, 5) is 10.6. The van der Waals surface area contributed by atoms with Gasteiger partial charge in [0.25, 0.3) is 5.69 Å². The number of nitro benzene ring substituents is 1. The lowest BCUT2D eigenvalue weighted by atomic mass is 10.0. The molecular weight excluding hydrogens is 220 g/mol. The molecule has 0 radical (unpaired) electrons. The van der Waals surface area contributed by atoms with Crippen LogP contribution in [0.25, 0.3) is 0 Å². The topological polar surface area (TPSA) is 64.4 Å². The van der Waals surface area contributed by atoms with Crippen LogP contribution in [0.3, 0.4) is 0 Å². The van der Waals surface area contributed by atoms with Gasteiger partial charge in [0.2, 0.25) is 0 Å². The minimum atomic E-state index is -0.325. The van der Waals surface area contributed by atoms with Gasteiger partial charge < -0.3 is 10.1 Å². The summed E-state index contributed by atoms with van der Waals surface area (Å²) in [5.41, 5.74) is 2.61.